The zero-order valence-electron chi connectivity index (χ0n) is 17.7. The van der Waals surface area contributed by atoms with Crippen LogP contribution in [0.15, 0.2) is 29.3 Å². The molecule has 1 aromatic heterocycles. The second kappa shape index (κ2) is 10.8. The van der Waals surface area contributed by atoms with Gasteiger partial charge in [0.2, 0.25) is 0 Å². The van der Waals surface area contributed by atoms with Crippen molar-refractivity contribution in [1.82, 2.24) is 20.4 Å². The van der Waals surface area contributed by atoms with E-state index in [9.17, 15) is 0 Å². The van der Waals surface area contributed by atoms with Crippen molar-refractivity contribution in [2.24, 2.45) is 12.0 Å². The largest absolute Gasteiger partial charge is 0.357 e. The molecule has 2 N–H and O–H groups in total. The first-order valence-electron chi connectivity index (χ1n) is 9.67. The quantitative estimate of drug-likeness (QED) is 0.493. The fourth-order valence-corrected chi connectivity index (χ4v) is 4.06. The summed E-state index contributed by atoms with van der Waals surface area (Å²) < 4.78 is 1.95. The van der Waals surface area contributed by atoms with E-state index in [1.807, 2.05) is 29.9 Å². The number of guanidine groups is 1. The Labute approximate surface area is 178 Å². The minimum absolute atomic E-state index is 0.248. The highest BCUT2D eigenvalue weighted by Crippen LogP contribution is 2.28. The molecule has 0 fully saturated rings. The van der Waals surface area contributed by atoms with Gasteiger partial charge in [0.25, 0.3) is 0 Å². The molecule has 0 amide bonds. The lowest BCUT2D eigenvalue weighted by Gasteiger charge is -2.19. The zero-order chi connectivity index (χ0) is 20.7. The van der Waals surface area contributed by atoms with Crippen molar-refractivity contribution in [1.29, 1.82) is 0 Å². The van der Waals surface area contributed by atoms with E-state index in [2.05, 4.69) is 55.7 Å². The van der Waals surface area contributed by atoms with Gasteiger partial charge >= 0.3 is 0 Å². The third-order valence-electron chi connectivity index (χ3n) is 4.82. The summed E-state index contributed by atoms with van der Waals surface area (Å²) >= 11 is 7.94. The maximum absolute atomic E-state index is 6.15. The number of aryl methyl sites for hydroxylation is 2. The summed E-state index contributed by atoms with van der Waals surface area (Å²) in [4.78, 5) is 4.83. The summed E-state index contributed by atoms with van der Waals surface area (Å²) in [7, 11) is 1.99. The lowest BCUT2D eigenvalue weighted by atomic mass is 10.1. The van der Waals surface area contributed by atoms with E-state index in [0.29, 0.717) is 6.54 Å². The van der Waals surface area contributed by atoms with Gasteiger partial charge < -0.3 is 10.6 Å². The van der Waals surface area contributed by atoms with Crippen LogP contribution >= 0.6 is 23.4 Å². The first-order chi connectivity index (χ1) is 13.3. The third kappa shape index (κ3) is 6.17. The first kappa shape index (κ1) is 22.6. The van der Waals surface area contributed by atoms with Crippen LogP contribution in [-0.4, -0.2) is 41.1 Å². The Morgan fingerprint density at radius 3 is 2.68 bits per heavy atom. The number of aliphatic imine (C=N–C) groups is 1. The zero-order valence-corrected chi connectivity index (χ0v) is 19.3. The Morgan fingerprint density at radius 1 is 1.36 bits per heavy atom. The average Bonchev–Trinajstić information content (AvgIpc) is 2.88. The number of rotatable bonds is 8. The molecule has 2 aromatic rings. The van der Waals surface area contributed by atoms with E-state index in [4.69, 9.17) is 16.6 Å². The lowest BCUT2D eigenvalue weighted by Crippen LogP contribution is -2.43. The highest BCUT2D eigenvalue weighted by Gasteiger charge is 2.15. The molecule has 1 aromatic carbocycles. The fourth-order valence-electron chi connectivity index (χ4n) is 3.22. The number of aromatic nitrogens is 2. The van der Waals surface area contributed by atoms with E-state index in [1.54, 1.807) is 11.8 Å². The standard InChI is InChI=1S/C21H32ClN5S/c1-7-23-21(24-13-20(28-6)17-9-8-10-18(22)12-17)25-14(2)11-19-15(3)26-27(5)16(19)4/h8-10,12,14,20H,7,11,13H2,1-6H3,(H2,23,24,25). The highest BCUT2D eigenvalue weighted by molar-refractivity contribution is 7.98. The predicted octanol–water partition coefficient (Wildman–Crippen LogP) is 4.28. The summed E-state index contributed by atoms with van der Waals surface area (Å²) in [5.41, 5.74) is 4.82. The number of nitrogens with one attached hydrogen (secondary N) is 2. The first-order valence-corrected chi connectivity index (χ1v) is 11.3. The second-order valence-corrected chi connectivity index (χ2v) is 8.50. The molecule has 0 radical (unpaired) electrons. The van der Waals surface area contributed by atoms with Crippen LogP contribution in [0.4, 0.5) is 0 Å². The predicted molar refractivity (Wildman–Crippen MR) is 123 cm³/mol. The van der Waals surface area contributed by atoms with Gasteiger partial charge in [-0.3, -0.25) is 9.67 Å². The topological polar surface area (TPSA) is 54.2 Å². The normalized spacial score (nSPS) is 14.0. The average molecular weight is 422 g/mol. The van der Waals surface area contributed by atoms with Crippen molar-refractivity contribution < 1.29 is 0 Å². The maximum Gasteiger partial charge on any atom is 0.191 e. The molecule has 0 spiro atoms. The summed E-state index contributed by atoms with van der Waals surface area (Å²) in [6, 6.07) is 8.28. The summed E-state index contributed by atoms with van der Waals surface area (Å²) in [6.07, 6.45) is 3.02. The molecule has 2 rings (SSSR count). The number of hydrogen-bond acceptors (Lipinski definition) is 3. The van der Waals surface area contributed by atoms with Crippen molar-refractivity contribution in [3.8, 4) is 0 Å². The van der Waals surface area contributed by atoms with Crippen molar-refractivity contribution in [3.05, 3.63) is 51.8 Å². The fraction of sp³-hybridized carbons (Fsp3) is 0.524. The van der Waals surface area contributed by atoms with Crippen LogP contribution in [0.2, 0.25) is 5.02 Å². The van der Waals surface area contributed by atoms with Gasteiger partial charge in [0.1, 0.15) is 0 Å². The van der Waals surface area contributed by atoms with Gasteiger partial charge in [-0.2, -0.15) is 16.9 Å². The molecule has 0 aliphatic heterocycles. The molecule has 2 atom stereocenters. The number of halogens is 1. The molecule has 7 heteroatoms. The van der Waals surface area contributed by atoms with Gasteiger partial charge in [-0.1, -0.05) is 23.7 Å². The Balaban J connectivity index is 2.06. The van der Waals surface area contributed by atoms with Crippen LogP contribution in [-0.2, 0) is 13.5 Å². The molecule has 0 aliphatic rings. The number of benzene rings is 1. The number of hydrogen-bond donors (Lipinski definition) is 2. The van der Waals surface area contributed by atoms with Gasteiger partial charge in [0.15, 0.2) is 5.96 Å². The molecular formula is C21H32ClN5S. The molecule has 0 saturated heterocycles. The minimum Gasteiger partial charge on any atom is -0.357 e. The van der Waals surface area contributed by atoms with Gasteiger partial charge in [-0.05, 0) is 63.6 Å². The molecule has 1 heterocycles. The molecule has 0 aliphatic carbocycles. The van der Waals surface area contributed by atoms with Crippen LogP contribution in [0.1, 0.15) is 41.6 Å². The van der Waals surface area contributed by atoms with E-state index < -0.39 is 0 Å². The van der Waals surface area contributed by atoms with Gasteiger partial charge in [-0.15, -0.1) is 0 Å². The third-order valence-corrected chi connectivity index (χ3v) is 6.04. The summed E-state index contributed by atoms with van der Waals surface area (Å²) in [5.74, 6) is 0.843. The monoisotopic (exact) mass is 421 g/mol. The Morgan fingerprint density at radius 2 is 2.11 bits per heavy atom. The highest BCUT2D eigenvalue weighted by atomic mass is 35.5. The lowest BCUT2D eigenvalue weighted by molar-refractivity contribution is 0.635. The van der Waals surface area contributed by atoms with Crippen molar-refractivity contribution in [3.63, 3.8) is 0 Å². The van der Waals surface area contributed by atoms with Crippen LogP contribution in [0, 0.1) is 13.8 Å². The molecule has 0 saturated carbocycles. The van der Waals surface area contributed by atoms with Crippen molar-refractivity contribution in [2.45, 2.75) is 45.4 Å². The molecule has 28 heavy (non-hydrogen) atoms. The van der Waals surface area contributed by atoms with Crippen molar-refractivity contribution >= 4 is 29.3 Å². The second-order valence-electron chi connectivity index (χ2n) is 7.02. The van der Waals surface area contributed by atoms with Crippen LogP contribution < -0.4 is 10.6 Å². The molecule has 5 nitrogen and oxygen atoms in total. The Bertz CT molecular complexity index is 802. The molecular weight excluding hydrogens is 390 g/mol. The minimum atomic E-state index is 0.248. The van der Waals surface area contributed by atoms with E-state index in [1.165, 1.54) is 16.8 Å². The van der Waals surface area contributed by atoms with Gasteiger partial charge in [-0.25, -0.2) is 0 Å². The molecule has 2 unspecified atom stereocenters. The van der Waals surface area contributed by atoms with E-state index >= 15 is 0 Å². The Hall–Kier alpha value is -1.66. The van der Waals surface area contributed by atoms with Gasteiger partial charge in [0.05, 0.1) is 12.2 Å². The van der Waals surface area contributed by atoms with E-state index in [-0.39, 0.29) is 11.3 Å². The molecule has 154 valence electrons. The smallest absolute Gasteiger partial charge is 0.191 e. The molecule has 0 bridgehead atoms. The Kier molecular flexibility index (Phi) is 8.70. The van der Waals surface area contributed by atoms with Crippen molar-refractivity contribution in [2.75, 3.05) is 19.3 Å². The number of thioether (sulfide) groups is 1. The van der Waals surface area contributed by atoms with Gasteiger partial charge in [0, 0.05) is 35.6 Å². The summed E-state index contributed by atoms with van der Waals surface area (Å²) in [6.45, 7) is 9.97. The van der Waals surface area contributed by atoms with Crippen LogP contribution in [0.5, 0.6) is 0 Å². The van der Waals surface area contributed by atoms with Crippen LogP contribution in [0.25, 0.3) is 0 Å². The maximum atomic E-state index is 6.15. The SMILES string of the molecule is CCNC(=NCC(SC)c1cccc(Cl)c1)NC(C)Cc1c(C)nn(C)c1C. The number of nitrogens with zero attached hydrogens (tertiary/aromatic N) is 3. The van der Waals surface area contributed by atoms with Crippen LogP contribution in [0.3, 0.4) is 0 Å². The van der Waals surface area contributed by atoms with E-state index in [0.717, 1.165) is 29.6 Å². The summed E-state index contributed by atoms with van der Waals surface area (Å²) in [5, 5.41) is 12.5.